The van der Waals surface area contributed by atoms with Crippen LogP contribution in [0.3, 0.4) is 0 Å². The molecule has 0 bridgehead atoms. The van der Waals surface area contributed by atoms with Crippen molar-refractivity contribution in [3.05, 3.63) is 12.2 Å². The average molecular weight is 351 g/mol. The van der Waals surface area contributed by atoms with Crippen LogP contribution in [0.25, 0.3) is 0 Å². The lowest BCUT2D eigenvalue weighted by Crippen LogP contribution is -2.51. The molecule has 0 radical (unpaired) electrons. The van der Waals surface area contributed by atoms with Gasteiger partial charge in [0.25, 0.3) is 11.8 Å². The van der Waals surface area contributed by atoms with Gasteiger partial charge < -0.3 is 10.8 Å². The Kier molecular flexibility index (Phi) is 5.68. The molecule has 3 rings (SSSR count). The van der Waals surface area contributed by atoms with Gasteiger partial charge in [-0.25, -0.2) is 0 Å². The first-order valence-corrected chi connectivity index (χ1v) is 8.10. The van der Waals surface area contributed by atoms with E-state index in [-0.39, 0.29) is 29.5 Å². The summed E-state index contributed by atoms with van der Waals surface area (Å²) in [6.45, 7) is 0.361. The molecule has 0 unspecified atom stereocenters. The Morgan fingerprint density at radius 1 is 1.12 bits per heavy atom. The summed E-state index contributed by atoms with van der Waals surface area (Å²) in [6.07, 6.45) is 5.29. The number of nitrogens with one attached hydrogen (secondary N) is 1. The third-order valence-corrected chi connectivity index (χ3v) is 4.62. The van der Waals surface area contributed by atoms with Crippen LogP contribution < -0.4 is 11.1 Å². The Morgan fingerprint density at radius 3 is 1.96 bits per heavy atom. The van der Waals surface area contributed by atoms with Crippen LogP contribution in [0.2, 0.25) is 0 Å². The van der Waals surface area contributed by atoms with Gasteiger partial charge in [-0.3, -0.25) is 34.2 Å². The average Bonchev–Trinajstić information content (AvgIpc) is 3.09. The number of hydrogen-bond donors (Lipinski definition) is 3. The fraction of sp³-hybridized carbons (Fsp3) is 0.562. The van der Waals surface area contributed by atoms with E-state index in [0.29, 0.717) is 45.1 Å². The SMILES string of the molecule is NC1(C(=O)O)CCC(CN2C(=O)C=CC2=O)CC1.O=C1CCC(=O)N1. The molecule has 0 spiro atoms. The van der Waals surface area contributed by atoms with Gasteiger partial charge in [-0.1, -0.05) is 0 Å². The second kappa shape index (κ2) is 7.56. The first kappa shape index (κ1) is 18.8. The minimum absolute atomic E-state index is 0.147. The molecule has 2 fully saturated rings. The number of carboxylic acids is 1. The van der Waals surface area contributed by atoms with Gasteiger partial charge in [-0.15, -0.1) is 0 Å². The van der Waals surface area contributed by atoms with Gasteiger partial charge >= 0.3 is 5.97 Å². The Bertz CT molecular complexity index is 602. The number of nitrogens with two attached hydrogens (primary N) is 1. The summed E-state index contributed by atoms with van der Waals surface area (Å²) in [5.74, 6) is -1.70. The maximum Gasteiger partial charge on any atom is 0.323 e. The first-order valence-electron chi connectivity index (χ1n) is 8.10. The number of carboxylic acid groups (broad SMARTS) is 1. The van der Waals surface area contributed by atoms with E-state index in [9.17, 15) is 24.0 Å². The molecular weight excluding hydrogens is 330 g/mol. The van der Waals surface area contributed by atoms with Crippen molar-refractivity contribution in [3.8, 4) is 0 Å². The lowest BCUT2D eigenvalue weighted by Gasteiger charge is -2.34. The molecule has 2 aliphatic heterocycles. The lowest BCUT2D eigenvalue weighted by molar-refractivity contribution is -0.146. The molecule has 0 aromatic heterocycles. The highest BCUT2D eigenvalue weighted by Crippen LogP contribution is 2.31. The second-order valence-corrected chi connectivity index (χ2v) is 6.50. The van der Waals surface area contributed by atoms with Crippen molar-refractivity contribution < 1.29 is 29.1 Å². The Labute approximate surface area is 144 Å². The van der Waals surface area contributed by atoms with E-state index >= 15 is 0 Å². The maximum absolute atomic E-state index is 11.4. The zero-order chi connectivity index (χ0) is 18.6. The highest BCUT2D eigenvalue weighted by Gasteiger charge is 2.39. The molecule has 2 heterocycles. The van der Waals surface area contributed by atoms with E-state index in [0.717, 1.165) is 0 Å². The van der Waals surface area contributed by atoms with Crippen LogP contribution >= 0.6 is 0 Å². The molecule has 0 atom stereocenters. The molecule has 0 aromatic carbocycles. The minimum Gasteiger partial charge on any atom is -0.480 e. The molecule has 1 saturated heterocycles. The molecule has 0 aromatic rings. The van der Waals surface area contributed by atoms with Crippen molar-refractivity contribution in [2.24, 2.45) is 11.7 Å². The maximum atomic E-state index is 11.4. The van der Waals surface area contributed by atoms with Crippen molar-refractivity contribution in [1.29, 1.82) is 0 Å². The zero-order valence-corrected chi connectivity index (χ0v) is 13.7. The number of carbonyl (C=O) groups is 5. The molecule has 25 heavy (non-hydrogen) atoms. The smallest absolute Gasteiger partial charge is 0.323 e. The number of carbonyl (C=O) groups excluding carboxylic acids is 4. The van der Waals surface area contributed by atoms with Crippen LogP contribution in [-0.4, -0.2) is 51.7 Å². The molecule has 9 nitrogen and oxygen atoms in total. The minimum atomic E-state index is -1.15. The molecule has 136 valence electrons. The summed E-state index contributed by atoms with van der Waals surface area (Å²) >= 11 is 0. The summed E-state index contributed by atoms with van der Waals surface area (Å²) in [5, 5.41) is 11.1. The van der Waals surface area contributed by atoms with E-state index < -0.39 is 11.5 Å². The zero-order valence-electron chi connectivity index (χ0n) is 13.7. The van der Waals surface area contributed by atoms with Gasteiger partial charge in [0, 0.05) is 31.5 Å². The van der Waals surface area contributed by atoms with Gasteiger partial charge in [0.05, 0.1) is 0 Å². The second-order valence-electron chi connectivity index (χ2n) is 6.50. The number of imide groups is 2. The quantitative estimate of drug-likeness (QED) is 0.570. The first-order chi connectivity index (χ1) is 11.7. The molecule has 1 saturated carbocycles. The molecular formula is C16H21N3O6. The third-order valence-electron chi connectivity index (χ3n) is 4.62. The van der Waals surface area contributed by atoms with Crippen LogP contribution in [0.5, 0.6) is 0 Å². The Hall–Kier alpha value is -2.55. The van der Waals surface area contributed by atoms with Gasteiger partial charge in [0.2, 0.25) is 11.8 Å². The van der Waals surface area contributed by atoms with Gasteiger partial charge in [0.1, 0.15) is 5.54 Å². The largest absolute Gasteiger partial charge is 0.480 e. The summed E-state index contributed by atoms with van der Waals surface area (Å²) in [6, 6.07) is 0. The number of rotatable bonds is 3. The molecule has 4 N–H and O–H groups in total. The fourth-order valence-corrected chi connectivity index (χ4v) is 2.97. The van der Waals surface area contributed by atoms with Gasteiger partial charge in [-0.05, 0) is 31.6 Å². The molecule has 4 amide bonds. The van der Waals surface area contributed by atoms with Crippen molar-refractivity contribution in [3.63, 3.8) is 0 Å². The van der Waals surface area contributed by atoms with E-state index in [1.165, 1.54) is 17.1 Å². The van der Waals surface area contributed by atoms with Crippen LogP contribution in [0.4, 0.5) is 0 Å². The number of hydrogen-bond acceptors (Lipinski definition) is 6. The van der Waals surface area contributed by atoms with Crippen molar-refractivity contribution in [2.75, 3.05) is 6.54 Å². The van der Waals surface area contributed by atoms with Crippen LogP contribution in [0, 0.1) is 5.92 Å². The number of nitrogens with zero attached hydrogens (tertiary/aromatic N) is 1. The van der Waals surface area contributed by atoms with Crippen LogP contribution in [0.15, 0.2) is 12.2 Å². The third kappa shape index (κ3) is 4.72. The van der Waals surface area contributed by atoms with Gasteiger partial charge in [0.15, 0.2) is 0 Å². The topological polar surface area (TPSA) is 147 Å². The van der Waals surface area contributed by atoms with E-state index in [4.69, 9.17) is 10.8 Å². The van der Waals surface area contributed by atoms with Crippen molar-refractivity contribution >= 4 is 29.6 Å². The monoisotopic (exact) mass is 351 g/mol. The summed E-state index contributed by atoms with van der Waals surface area (Å²) in [4.78, 5) is 55.2. The highest BCUT2D eigenvalue weighted by molar-refractivity contribution is 6.12. The van der Waals surface area contributed by atoms with Crippen LogP contribution in [-0.2, 0) is 24.0 Å². The Balaban J connectivity index is 0.000000269. The van der Waals surface area contributed by atoms with Crippen LogP contribution in [0.1, 0.15) is 38.5 Å². The number of amides is 4. The summed E-state index contributed by atoms with van der Waals surface area (Å²) in [5.41, 5.74) is 4.62. The molecule has 1 aliphatic carbocycles. The van der Waals surface area contributed by atoms with E-state index in [1.54, 1.807) is 0 Å². The Morgan fingerprint density at radius 2 is 1.60 bits per heavy atom. The molecule has 9 heteroatoms. The normalized spacial score (nSPS) is 28.7. The predicted molar refractivity (Wildman–Crippen MR) is 84.8 cm³/mol. The fourth-order valence-electron chi connectivity index (χ4n) is 2.97. The summed E-state index contributed by atoms with van der Waals surface area (Å²) < 4.78 is 0. The van der Waals surface area contributed by atoms with Crippen molar-refractivity contribution in [1.82, 2.24) is 10.2 Å². The number of aliphatic carboxylic acids is 1. The van der Waals surface area contributed by atoms with E-state index in [1.807, 2.05) is 0 Å². The molecule has 3 aliphatic rings. The standard InChI is InChI=1S/C12H16N2O4.C4H5NO2/c13-12(11(17)18)5-3-8(4-6-12)7-14-9(15)1-2-10(14)16;6-3-1-2-4(7)5-3/h1-2,8H,3-7,13H2,(H,17,18);1-2H2,(H,5,6,7). The van der Waals surface area contributed by atoms with Crippen molar-refractivity contribution in [2.45, 2.75) is 44.1 Å². The summed E-state index contributed by atoms with van der Waals surface area (Å²) in [7, 11) is 0. The predicted octanol–water partition coefficient (Wildman–Crippen LogP) is -0.693. The lowest BCUT2D eigenvalue weighted by atomic mass is 9.77. The highest BCUT2D eigenvalue weighted by atomic mass is 16.4. The van der Waals surface area contributed by atoms with Gasteiger partial charge in [-0.2, -0.15) is 0 Å². The van der Waals surface area contributed by atoms with E-state index in [2.05, 4.69) is 5.32 Å².